The van der Waals surface area contributed by atoms with E-state index in [1.807, 2.05) is 24.3 Å². The summed E-state index contributed by atoms with van der Waals surface area (Å²) in [5.74, 6) is 0.888. The van der Waals surface area contributed by atoms with Gasteiger partial charge in [0.15, 0.2) is 0 Å². The second-order valence-electron chi connectivity index (χ2n) is 12.9. The second kappa shape index (κ2) is 17.8. The molecule has 3 rings (SSSR count). The van der Waals surface area contributed by atoms with Gasteiger partial charge in [-0.2, -0.15) is 0 Å². The first-order valence-electron chi connectivity index (χ1n) is 15.8. The molecule has 0 aliphatic rings. The molecule has 2 atom stereocenters. The fourth-order valence-electron chi connectivity index (χ4n) is 6.21. The Hall–Kier alpha value is -2.52. The van der Waals surface area contributed by atoms with Crippen LogP contribution in [0.15, 0.2) is 84.9 Å². The molecule has 6 nitrogen and oxygen atoms in total. The highest BCUT2D eigenvalue weighted by atomic mass is 28.4. The van der Waals surface area contributed by atoms with Crippen LogP contribution in [0, 0.1) is 11.3 Å². The molecular weight excluding hydrogens is 568 g/mol. The van der Waals surface area contributed by atoms with E-state index in [4.69, 9.17) is 23.4 Å². The maximum atomic E-state index is 10.7. The Bertz CT molecular complexity index is 1140. The lowest BCUT2D eigenvalue weighted by molar-refractivity contribution is -0.0468. The average Bonchev–Trinajstić information content (AvgIpc) is 3.03. The van der Waals surface area contributed by atoms with Crippen molar-refractivity contribution in [3.05, 3.63) is 90.5 Å². The molecule has 0 saturated carbocycles. The van der Waals surface area contributed by atoms with Crippen molar-refractivity contribution >= 4 is 18.7 Å². The van der Waals surface area contributed by atoms with Gasteiger partial charge in [-0.15, -0.1) is 0 Å². The van der Waals surface area contributed by atoms with Crippen molar-refractivity contribution in [2.24, 2.45) is 11.3 Å². The molecule has 242 valence electrons. The molecule has 44 heavy (non-hydrogen) atoms. The summed E-state index contributed by atoms with van der Waals surface area (Å²) in [5, 5.41) is 13.2. The summed E-state index contributed by atoms with van der Waals surface area (Å²) in [6.07, 6.45) is 3.43. The Labute approximate surface area is 266 Å². The summed E-state index contributed by atoms with van der Waals surface area (Å²) in [4.78, 5) is 0. The van der Waals surface area contributed by atoms with E-state index in [2.05, 4.69) is 88.4 Å². The number of rotatable bonds is 20. The Kier molecular flexibility index (Phi) is 14.6. The minimum Gasteiger partial charge on any atom is -0.497 e. The molecule has 0 fully saturated rings. The molecular formula is C37H54O6Si. The molecule has 0 amide bonds. The van der Waals surface area contributed by atoms with Crippen LogP contribution in [0.5, 0.6) is 5.75 Å². The lowest BCUT2D eigenvalue weighted by Gasteiger charge is -2.43. The molecule has 0 unspecified atom stereocenters. The summed E-state index contributed by atoms with van der Waals surface area (Å²) in [5.41, 5.74) is 0.866. The van der Waals surface area contributed by atoms with Gasteiger partial charge >= 0.3 is 0 Å². The number of methoxy groups -OCH3 is 2. The van der Waals surface area contributed by atoms with Crippen LogP contribution in [-0.2, 0) is 25.2 Å². The Morgan fingerprint density at radius 2 is 1.36 bits per heavy atom. The molecule has 0 aliphatic carbocycles. The third kappa shape index (κ3) is 9.74. The third-order valence-electron chi connectivity index (χ3n) is 8.74. The lowest BCUT2D eigenvalue weighted by atomic mass is 9.72. The molecule has 3 aromatic rings. The van der Waals surface area contributed by atoms with Crippen molar-refractivity contribution < 1.29 is 28.5 Å². The van der Waals surface area contributed by atoms with Gasteiger partial charge in [-0.1, -0.05) is 100 Å². The smallest absolute Gasteiger partial charge is 0.261 e. The van der Waals surface area contributed by atoms with Crippen LogP contribution in [0.2, 0.25) is 5.04 Å². The molecule has 3 aromatic carbocycles. The van der Waals surface area contributed by atoms with Gasteiger partial charge in [-0.05, 0) is 70.1 Å². The van der Waals surface area contributed by atoms with Crippen molar-refractivity contribution in [3.63, 3.8) is 0 Å². The van der Waals surface area contributed by atoms with Crippen LogP contribution in [0.25, 0.3) is 0 Å². The van der Waals surface area contributed by atoms with E-state index >= 15 is 0 Å². The van der Waals surface area contributed by atoms with Crippen molar-refractivity contribution in [2.75, 3.05) is 47.4 Å². The highest BCUT2D eigenvalue weighted by Crippen LogP contribution is 2.39. The Morgan fingerprint density at radius 1 is 0.750 bits per heavy atom. The quantitative estimate of drug-likeness (QED) is 0.0872. The predicted octanol–water partition coefficient (Wildman–Crippen LogP) is 6.58. The first kappa shape index (κ1) is 36.0. The number of benzene rings is 3. The van der Waals surface area contributed by atoms with Gasteiger partial charge in [0.1, 0.15) is 12.5 Å². The predicted molar refractivity (Wildman–Crippen MR) is 181 cm³/mol. The summed E-state index contributed by atoms with van der Waals surface area (Å²) < 4.78 is 29.4. The first-order valence-corrected chi connectivity index (χ1v) is 17.7. The molecule has 0 aromatic heterocycles. The van der Waals surface area contributed by atoms with Crippen LogP contribution >= 0.6 is 0 Å². The van der Waals surface area contributed by atoms with E-state index in [9.17, 15) is 5.11 Å². The molecule has 0 bridgehead atoms. The maximum Gasteiger partial charge on any atom is 0.261 e. The average molecular weight is 623 g/mol. The van der Waals surface area contributed by atoms with Crippen LogP contribution in [0.1, 0.15) is 58.9 Å². The van der Waals surface area contributed by atoms with E-state index in [0.29, 0.717) is 26.4 Å². The van der Waals surface area contributed by atoms with E-state index in [1.54, 1.807) is 14.2 Å². The zero-order chi connectivity index (χ0) is 31.9. The van der Waals surface area contributed by atoms with Gasteiger partial charge in [-0.3, -0.25) is 0 Å². The number of hydrogen-bond donors (Lipinski definition) is 1. The van der Waals surface area contributed by atoms with Gasteiger partial charge in [0, 0.05) is 26.9 Å². The molecule has 0 spiro atoms. The van der Waals surface area contributed by atoms with Crippen LogP contribution in [0.4, 0.5) is 0 Å². The molecule has 7 heteroatoms. The number of ether oxygens (including phenoxy) is 4. The zero-order valence-corrected chi connectivity index (χ0v) is 28.7. The minimum absolute atomic E-state index is 0.0588. The monoisotopic (exact) mass is 622 g/mol. The molecule has 0 saturated heterocycles. The summed E-state index contributed by atoms with van der Waals surface area (Å²) in [6.45, 7) is 11.8. The summed E-state index contributed by atoms with van der Waals surface area (Å²) >= 11 is 0. The fraction of sp³-hybridized carbons (Fsp3) is 0.514. The van der Waals surface area contributed by atoms with Crippen LogP contribution < -0.4 is 15.1 Å². The van der Waals surface area contributed by atoms with Gasteiger partial charge in [0.25, 0.3) is 8.32 Å². The fourth-order valence-corrected chi connectivity index (χ4v) is 10.8. The molecule has 0 aliphatic heterocycles. The molecule has 1 N–H and O–H groups in total. The topological polar surface area (TPSA) is 66.4 Å². The van der Waals surface area contributed by atoms with Crippen molar-refractivity contribution in [1.82, 2.24) is 0 Å². The largest absolute Gasteiger partial charge is 0.497 e. The Morgan fingerprint density at radius 3 is 1.89 bits per heavy atom. The van der Waals surface area contributed by atoms with Gasteiger partial charge in [0.05, 0.1) is 20.3 Å². The first-order chi connectivity index (χ1) is 21.2. The summed E-state index contributed by atoms with van der Waals surface area (Å²) in [7, 11) is 0.700. The molecule has 0 radical (unpaired) electrons. The van der Waals surface area contributed by atoms with Crippen molar-refractivity contribution in [1.29, 1.82) is 0 Å². The highest BCUT2D eigenvalue weighted by Gasteiger charge is 2.50. The number of aliphatic hydroxyl groups excluding tert-OH is 1. The Balaban J connectivity index is 1.72. The minimum atomic E-state index is -2.60. The summed E-state index contributed by atoms with van der Waals surface area (Å²) in [6, 6.07) is 29.5. The van der Waals surface area contributed by atoms with E-state index in [0.717, 1.165) is 37.0 Å². The SMILES string of the molecule is COCOCCC[C@@](C)(COCc1ccc(OC)cc1)[C@@H](CO)CCCO[Si](c1ccccc1)(c1ccccc1)C(C)(C)C. The van der Waals surface area contributed by atoms with E-state index in [-0.39, 0.29) is 29.8 Å². The number of hydrogen-bond acceptors (Lipinski definition) is 6. The highest BCUT2D eigenvalue weighted by molar-refractivity contribution is 6.99. The lowest BCUT2D eigenvalue weighted by Crippen LogP contribution is -2.66. The van der Waals surface area contributed by atoms with Crippen LogP contribution in [0.3, 0.4) is 0 Å². The normalized spacial score (nSPS) is 14.2. The van der Waals surface area contributed by atoms with Gasteiger partial charge < -0.3 is 28.5 Å². The second-order valence-corrected chi connectivity index (χ2v) is 17.3. The van der Waals surface area contributed by atoms with Crippen molar-refractivity contribution in [2.45, 2.75) is 65.0 Å². The maximum absolute atomic E-state index is 10.7. The van der Waals surface area contributed by atoms with Crippen molar-refractivity contribution in [3.8, 4) is 5.75 Å². The van der Waals surface area contributed by atoms with Gasteiger partial charge in [0.2, 0.25) is 0 Å². The van der Waals surface area contributed by atoms with E-state index in [1.165, 1.54) is 10.4 Å². The van der Waals surface area contributed by atoms with E-state index < -0.39 is 8.32 Å². The zero-order valence-electron chi connectivity index (χ0n) is 27.7. The van der Waals surface area contributed by atoms with Gasteiger partial charge in [-0.25, -0.2) is 0 Å². The van der Waals surface area contributed by atoms with Crippen LogP contribution in [-0.4, -0.2) is 60.9 Å². The third-order valence-corrected chi connectivity index (χ3v) is 13.8. The molecule has 0 heterocycles. The number of aliphatic hydroxyl groups is 1. The standard InChI is InChI=1S/C37H54O6Si/c1-36(2,3)44(34-16-9-7-10-17-34,35-18-11-8-12-19-35)43-26-13-15-32(27-38)37(4,24-14-25-41-30-39-5)29-42-28-31-20-22-33(40-6)23-21-31/h7-12,16-23,32,38H,13-15,24-30H2,1-6H3/t32-,37+/m1/s1.